The zero-order chi connectivity index (χ0) is 13.1. The number of nitrogens with one attached hydrogen (secondary N) is 1. The lowest BCUT2D eigenvalue weighted by Crippen LogP contribution is -2.43. The highest BCUT2D eigenvalue weighted by Crippen LogP contribution is 2.23. The van der Waals surface area contributed by atoms with Crippen molar-refractivity contribution in [1.29, 1.82) is 0 Å². The van der Waals surface area contributed by atoms with Crippen molar-refractivity contribution in [1.82, 2.24) is 10.2 Å². The molecule has 0 aliphatic carbocycles. The van der Waals surface area contributed by atoms with E-state index in [0.29, 0.717) is 0 Å². The fourth-order valence-electron chi connectivity index (χ4n) is 2.43. The molecule has 4 nitrogen and oxygen atoms in total. The zero-order valence-electron chi connectivity index (χ0n) is 12.0. The standard InChI is InChI=1S/C13H30N2O2/c1-5-6-13(2,11-14-3)12-15(7-9-16)8-10-17-4/h14,16H,5-12H2,1-4H3. The monoisotopic (exact) mass is 246 g/mol. The summed E-state index contributed by atoms with van der Waals surface area (Å²) in [5.41, 5.74) is 0.270. The number of hydrogen-bond donors (Lipinski definition) is 2. The molecule has 4 heteroatoms. The van der Waals surface area contributed by atoms with Gasteiger partial charge in [-0.3, -0.25) is 4.90 Å². The smallest absolute Gasteiger partial charge is 0.0589 e. The van der Waals surface area contributed by atoms with Crippen LogP contribution in [0.2, 0.25) is 0 Å². The summed E-state index contributed by atoms with van der Waals surface area (Å²) in [7, 11) is 3.72. The average Bonchev–Trinajstić information content (AvgIpc) is 2.26. The van der Waals surface area contributed by atoms with Gasteiger partial charge in [0.25, 0.3) is 0 Å². The number of aliphatic hydroxyl groups excluding tert-OH is 1. The Morgan fingerprint density at radius 1 is 1.35 bits per heavy atom. The minimum Gasteiger partial charge on any atom is -0.395 e. The topological polar surface area (TPSA) is 44.7 Å². The van der Waals surface area contributed by atoms with E-state index in [4.69, 9.17) is 9.84 Å². The van der Waals surface area contributed by atoms with Gasteiger partial charge in [-0.1, -0.05) is 20.3 Å². The minimum absolute atomic E-state index is 0.214. The molecule has 0 spiro atoms. The predicted octanol–water partition coefficient (Wildman–Crippen LogP) is 0.953. The van der Waals surface area contributed by atoms with Crippen LogP contribution in [0.1, 0.15) is 26.7 Å². The normalized spacial score (nSPS) is 15.2. The Balaban J connectivity index is 4.32. The first-order chi connectivity index (χ1) is 8.11. The molecule has 104 valence electrons. The number of rotatable bonds is 11. The summed E-state index contributed by atoms with van der Waals surface area (Å²) in [6.45, 7) is 9.10. The molecule has 0 saturated heterocycles. The molecule has 0 fully saturated rings. The van der Waals surface area contributed by atoms with E-state index in [-0.39, 0.29) is 12.0 Å². The van der Waals surface area contributed by atoms with Crippen LogP contribution in [0.15, 0.2) is 0 Å². The second-order valence-electron chi connectivity index (χ2n) is 5.08. The number of nitrogens with zero attached hydrogens (tertiary/aromatic N) is 1. The molecule has 0 bridgehead atoms. The number of aliphatic hydroxyl groups is 1. The molecule has 0 aromatic carbocycles. The maximum Gasteiger partial charge on any atom is 0.0589 e. The molecule has 0 saturated carbocycles. The molecular weight excluding hydrogens is 216 g/mol. The van der Waals surface area contributed by atoms with Crippen molar-refractivity contribution >= 4 is 0 Å². The third kappa shape index (κ3) is 7.71. The van der Waals surface area contributed by atoms with Gasteiger partial charge in [0.15, 0.2) is 0 Å². The maximum atomic E-state index is 9.09. The van der Waals surface area contributed by atoms with Gasteiger partial charge in [-0.05, 0) is 18.9 Å². The molecule has 0 rings (SSSR count). The predicted molar refractivity (Wildman–Crippen MR) is 72.3 cm³/mol. The average molecular weight is 246 g/mol. The summed E-state index contributed by atoms with van der Waals surface area (Å²) in [5, 5.41) is 12.4. The molecule has 0 heterocycles. The number of hydrogen-bond acceptors (Lipinski definition) is 4. The zero-order valence-corrected chi connectivity index (χ0v) is 12.0. The molecule has 2 N–H and O–H groups in total. The van der Waals surface area contributed by atoms with Crippen LogP contribution in [-0.2, 0) is 4.74 Å². The SMILES string of the molecule is CCCC(C)(CNC)CN(CCO)CCOC. The van der Waals surface area contributed by atoms with Crippen LogP contribution in [0.5, 0.6) is 0 Å². The summed E-state index contributed by atoms with van der Waals surface area (Å²) < 4.78 is 5.11. The largest absolute Gasteiger partial charge is 0.395 e. The first-order valence-corrected chi connectivity index (χ1v) is 6.58. The third-order valence-corrected chi connectivity index (χ3v) is 3.09. The van der Waals surface area contributed by atoms with E-state index in [1.165, 1.54) is 12.8 Å². The molecule has 0 radical (unpaired) electrons. The van der Waals surface area contributed by atoms with Crippen molar-refractivity contribution in [2.75, 3.05) is 53.6 Å². The van der Waals surface area contributed by atoms with Gasteiger partial charge in [-0.25, -0.2) is 0 Å². The number of methoxy groups -OCH3 is 1. The molecule has 0 aromatic rings. The molecule has 1 atom stereocenters. The van der Waals surface area contributed by atoms with Crippen molar-refractivity contribution < 1.29 is 9.84 Å². The highest BCUT2D eigenvalue weighted by atomic mass is 16.5. The van der Waals surface area contributed by atoms with Crippen LogP contribution < -0.4 is 5.32 Å². The first-order valence-electron chi connectivity index (χ1n) is 6.58. The van der Waals surface area contributed by atoms with Crippen molar-refractivity contribution in [3.63, 3.8) is 0 Å². The van der Waals surface area contributed by atoms with E-state index in [1.807, 2.05) is 7.05 Å². The highest BCUT2D eigenvalue weighted by molar-refractivity contribution is 4.80. The molecule has 0 aliphatic rings. The second-order valence-corrected chi connectivity index (χ2v) is 5.08. The Labute approximate surface area is 106 Å². The molecule has 0 amide bonds. The summed E-state index contributed by atoms with van der Waals surface area (Å²) in [5.74, 6) is 0. The Morgan fingerprint density at radius 3 is 2.53 bits per heavy atom. The second kappa shape index (κ2) is 9.83. The van der Waals surface area contributed by atoms with Crippen molar-refractivity contribution in [3.8, 4) is 0 Å². The fraction of sp³-hybridized carbons (Fsp3) is 1.00. The quantitative estimate of drug-likeness (QED) is 0.570. The van der Waals surface area contributed by atoms with Gasteiger partial charge in [-0.15, -0.1) is 0 Å². The van der Waals surface area contributed by atoms with E-state index in [0.717, 1.165) is 32.8 Å². The van der Waals surface area contributed by atoms with Crippen molar-refractivity contribution in [2.24, 2.45) is 5.41 Å². The Morgan fingerprint density at radius 2 is 2.06 bits per heavy atom. The fourth-order valence-corrected chi connectivity index (χ4v) is 2.43. The summed E-state index contributed by atoms with van der Waals surface area (Å²) in [4.78, 5) is 2.29. The third-order valence-electron chi connectivity index (χ3n) is 3.09. The highest BCUT2D eigenvalue weighted by Gasteiger charge is 2.25. The van der Waals surface area contributed by atoms with Gasteiger partial charge in [0, 0.05) is 33.3 Å². The Hall–Kier alpha value is -0.160. The Bertz CT molecular complexity index is 171. The molecular formula is C13H30N2O2. The van der Waals surface area contributed by atoms with Gasteiger partial charge in [0.05, 0.1) is 13.2 Å². The maximum absolute atomic E-state index is 9.09. The van der Waals surface area contributed by atoms with E-state index in [1.54, 1.807) is 7.11 Å². The van der Waals surface area contributed by atoms with Crippen LogP contribution >= 0.6 is 0 Å². The van der Waals surface area contributed by atoms with Gasteiger partial charge in [-0.2, -0.15) is 0 Å². The number of ether oxygens (including phenoxy) is 1. The van der Waals surface area contributed by atoms with Crippen molar-refractivity contribution in [2.45, 2.75) is 26.7 Å². The summed E-state index contributed by atoms with van der Waals surface area (Å²) in [6, 6.07) is 0. The van der Waals surface area contributed by atoms with Crippen LogP contribution in [-0.4, -0.2) is 63.6 Å². The summed E-state index contributed by atoms with van der Waals surface area (Å²) >= 11 is 0. The molecule has 0 aromatic heterocycles. The minimum atomic E-state index is 0.214. The van der Waals surface area contributed by atoms with Crippen LogP contribution in [0.3, 0.4) is 0 Å². The van der Waals surface area contributed by atoms with E-state index >= 15 is 0 Å². The van der Waals surface area contributed by atoms with Crippen LogP contribution in [0.25, 0.3) is 0 Å². The van der Waals surface area contributed by atoms with Crippen LogP contribution in [0.4, 0.5) is 0 Å². The summed E-state index contributed by atoms with van der Waals surface area (Å²) in [6.07, 6.45) is 2.39. The molecule has 0 aliphatic heterocycles. The Kier molecular flexibility index (Phi) is 9.74. The lowest BCUT2D eigenvalue weighted by molar-refractivity contribution is 0.0920. The first kappa shape index (κ1) is 16.8. The van der Waals surface area contributed by atoms with Crippen molar-refractivity contribution in [3.05, 3.63) is 0 Å². The van der Waals surface area contributed by atoms with Gasteiger partial charge in [0.1, 0.15) is 0 Å². The van der Waals surface area contributed by atoms with Gasteiger partial charge >= 0.3 is 0 Å². The lowest BCUT2D eigenvalue weighted by atomic mass is 9.85. The molecule has 1 unspecified atom stereocenters. The van der Waals surface area contributed by atoms with E-state index in [2.05, 4.69) is 24.1 Å². The molecule has 17 heavy (non-hydrogen) atoms. The van der Waals surface area contributed by atoms with E-state index < -0.39 is 0 Å². The van der Waals surface area contributed by atoms with Gasteiger partial charge < -0.3 is 15.2 Å². The van der Waals surface area contributed by atoms with Gasteiger partial charge in [0.2, 0.25) is 0 Å². The van der Waals surface area contributed by atoms with E-state index in [9.17, 15) is 0 Å². The van der Waals surface area contributed by atoms with Crippen LogP contribution in [0, 0.1) is 5.41 Å². The lowest BCUT2D eigenvalue weighted by Gasteiger charge is -2.35.